The minimum atomic E-state index is 0.370. The Hall–Kier alpha value is 0.290. The maximum absolute atomic E-state index is 6.03. The average Bonchev–Trinajstić information content (AvgIpc) is 2.29. The molecule has 1 aromatic rings. The van der Waals surface area contributed by atoms with Crippen molar-refractivity contribution in [1.29, 1.82) is 0 Å². The van der Waals surface area contributed by atoms with Gasteiger partial charge in [-0.2, -0.15) is 5.11 Å². The van der Waals surface area contributed by atoms with E-state index in [0.29, 0.717) is 11.7 Å². The molecule has 0 bridgehead atoms. The summed E-state index contributed by atoms with van der Waals surface area (Å²) < 4.78 is 2.86. The molecule has 0 radical (unpaired) electrons. The van der Waals surface area contributed by atoms with E-state index in [9.17, 15) is 0 Å². The molecule has 1 rings (SSSR count). The fourth-order valence-corrected chi connectivity index (χ4v) is 3.84. The summed E-state index contributed by atoms with van der Waals surface area (Å²) in [6.45, 7) is 2.83. The third-order valence-corrected chi connectivity index (χ3v) is 4.04. The number of rotatable bonds is 5. The molecule has 2 nitrogen and oxygen atoms in total. The molecule has 0 aliphatic carbocycles. The zero-order chi connectivity index (χ0) is 13.5. The molecule has 1 aromatic carbocycles. The van der Waals surface area contributed by atoms with Gasteiger partial charge in [0, 0.05) is 19.0 Å². The Morgan fingerprint density at radius 3 is 2.44 bits per heavy atom. The van der Waals surface area contributed by atoms with Gasteiger partial charge in [0.2, 0.25) is 0 Å². The lowest BCUT2D eigenvalue weighted by molar-refractivity contribution is 0.778. The first-order valence-electron chi connectivity index (χ1n) is 5.43. The van der Waals surface area contributed by atoms with E-state index in [1.165, 1.54) is 0 Å². The molecule has 0 aliphatic rings. The van der Waals surface area contributed by atoms with Crippen molar-refractivity contribution in [3.8, 4) is 0 Å². The molecule has 0 saturated heterocycles. The van der Waals surface area contributed by atoms with Gasteiger partial charge in [0.15, 0.2) is 5.16 Å². The van der Waals surface area contributed by atoms with Gasteiger partial charge in [-0.05, 0) is 24.6 Å². The maximum atomic E-state index is 6.03. The van der Waals surface area contributed by atoms with Crippen molar-refractivity contribution in [2.75, 3.05) is 6.54 Å². The monoisotopic (exact) mass is 456 g/mol. The summed E-state index contributed by atoms with van der Waals surface area (Å²) in [4.78, 5) is 0. The summed E-state index contributed by atoms with van der Waals surface area (Å²) in [5, 5.41) is 8.35. The second-order valence-corrected chi connectivity index (χ2v) is 6.58. The molecule has 0 saturated carbocycles. The van der Waals surface area contributed by atoms with Gasteiger partial charge in [-0.15, -0.1) is 5.11 Å². The third-order valence-electron chi connectivity index (χ3n) is 2.09. The van der Waals surface area contributed by atoms with E-state index in [0.717, 1.165) is 31.8 Å². The smallest absolute Gasteiger partial charge is 0.151 e. The highest BCUT2D eigenvalue weighted by Gasteiger charge is 2.05. The molecule has 0 spiro atoms. The van der Waals surface area contributed by atoms with Crippen molar-refractivity contribution in [2.24, 2.45) is 10.2 Å². The lowest BCUT2D eigenvalue weighted by Gasteiger charge is -2.03. The molecule has 0 heterocycles. The van der Waals surface area contributed by atoms with Crippen LogP contribution in [0.5, 0.6) is 0 Å². The molecule has 98 valence electrons. The molecule has 0 aromatic heterocycles. The van der Waals surface area contributed by atoms with E-state index in [1.54, 1.807) is 6.08 Å². The Bertz CT molecular complexity index is 449. The molecule has 0 amide bonds. The van der Waals surface area contributed by atoms with Gasteiger partial charge in [-0.3, -0.25) is 0 Å². The predicted molar refractivity (Wildman–Crippen MR) is 88.0 cm³/mol. The van der Waals surface area contributed by atoms with Crippen LogP contribution in [0.3, 0.4) is 0 Å². The molecular formula is C12H12Br3ClN2. The highest BCUT2D eigenvalue weighted by Crippen LogP contribution is 2.32. The highest BCUT2D eigenvalue weighted by molar-refractivity contribution is 9.11. The van der Waals surface area contributed by atoms with Gasteiger partial charge >= 0.3 is 0 Å². The Labute approximate surface area is 137 Å². The number of benzene rings is 1. The van der Waals surface area contributed by atoms with Gasteiger partial charge in [-0.1, -0.05) is 72.7 Å². The molecule has 0 fully saturated rings. The summed E-state index contributed by atoms with van der Waals surface area (Å²) in [5.41, 5.74) is 0.942. The number of unbranched alkanes of at least 4 members (excludes halogenated alkanes) is 1. The lowest BCUT2D eigenvalue weighted by Crippen LogP contribution is -1.81. The van der Waals surface area contributed by atoms with Crippen molar-refractivity contribution in [1.82, 2.24) is 0 Å². The number of hydrogen-bond acceptors (Lipinski definition) is 2. The number of hydrogen-bond donors (Lipinski definition) is 0. The van der Waals surface area contributed by atoms with Crippen LogP contribution in [0, 0.1) is 0 Å². The van der Waals surface area contributed by atoms with E-state index in [1.807, 2.05) is 12.1 Å². The standard InChI is InChI=1S/C12H12Br3ClN2/c1-2-3-4-17-18-12(16)7-9-10(14)5-8(13)6-11(9)15/h5-7H,2-4H2,1H3/b12-7+,18-17?. The second-order valence-electron chi connectivity index (χ2n) is 3.57. The van der Waals surface area contributed by atoms with Crippen LogP contribution in [0.1, 0.15) is 25.3 Å². The van der Waals surface area contributed by atoms with Crippen LogP contribution in [0.15, 0.2) is 40.9 Å². The average molecular weight is 459 g/mol. The van der Waals surface area contributed by atoms with Gasteiger partial charge in [0.25, 0.3) is 0 Å². The zero-order valence-corrected chi connectivity index (χ0v) is 15.3. The number of halogens is 4. The van der Waals surface area contributed by atoms with E-state index in [-0.39, 0.29) is 0 Å². The van der Waals surface area contributed by atoms with Crippen molar-refractivity contribution in [3.05, 3.63) is 36.3 Å². The first-order valence-corrected chi connectivity index (χ1v) is 8.19. The van der Waals surface area contributed by atoms with Crippen LogP contribution < -0.4 is 0 Å². The van der Waals surface area contributed by atoms with E-state index >= 15 is 0 Å². The molecule has 0 atom stereocenters. The molecule has 0 N–H and O–H groups in total. The predicted octanol–water partition coefficient (Wildman–Crippen LogP) is 6.76. The summed E-state index contributed by atoms with van der Waals surface area (Å²) in [7, 11) is 0. The van der Waals surface area contributed by atoms with Crippen LogP contribution in [0.2, 0.25) is 0 Å². The fourth-order valence-electron chi connectivity index (χ4n) is 1.19. The third kappa shape index (κ3) is 5.51. The van der Waals surface area contributed by atoms with Crippen LogP contribution in [0.25, 0.3) is 6.08 Å². The Morgan fingerprint density at radius 1 is 1.28 bits per heavy atom. The van der Waals surface area contributed by atoms with E-state index < -0.39 is 0 Å². The van der Waals surface area contributed by atoms with Crippen LogP contribution in [-0.4, -0.2) is 6.54 Å². The Balaban J connectivity index is 2.85. The van der Waals surface area contributed by atoms with Crippen LogP contribution in [0.4, 0.5) is 0 Å². The lowest BCUT2D eigenvalue weighted by atomic mass is 10.2. The first-order chi connectivity index (χ1) is 8.54. The quantitative estimate of drug-likeness (QED) is 0.264. The molecule has 0 unspecified atom stereocenters. The Kier molecular flexibility index (Phi) is 7.68. The zero-order valence-electron chi connectivity index (χ0n) is 9.76. The minimum Gasteiger partial charge on any atom is -0.188 e. The summed E-state index contributed by atoms with van der Waals surface area (Å²) in [5.74, 6) is 0. The molecule has 6 heteroatoms. The maximum Gasteiger partial charge on any atom is 0.151 e. The van der Waals surface area contributed by atoms with Gasteiger partial charge in [0.1, 0.15) is 0 Å². The van der Waals surface area contributed by atoms with Crippen molar-refractivity contribution in [3.63, 3.8) is 0 Å². The van der Waals surface area contributed by atoms with E-state index in [2.05, 4.69) is 64.9 Å². The normalized spacial score (nSPS) is 12.4. The highest BCUT2D eigenvalue weighted by atomic mass is 79.9. The second kappa shape index (κ2) is 8.46. The van der Waals surface area contributed by atoms with Crippen molar-refractivity contribution in [2.45, 2.75) is 19.8 Å². The molecular weight excluding hydrogens is 447 g/mol. The van der Waals surface area contributed by atoms with Crippen LogP contribution in [-0.2, 0) is 0 Å². The summed E-state index contributed by atoms with van der Waals surface area (Å²) in [6.07, 6.45) is 3.90. The van der Waals surface area contributed by atoms with Crippen molar-refractivity contribution < 1.29 is 0 Å². The fraction of sp³-hybridized carbons (Fsp3) is 0.333. The Morgan fingerprint density at radius 2 is 1.89 bits per heavy atom. The van der Waals surface area contributed by atoms with Gasteiger partial charge in [-0.25, -0.2) is 0 Å². The minimum absolute atomic E-state index is 0.370. The van der Waals surface area contributed by atoms with Gasteiger partial charge in [0.05, 0.1) is 6.54 Å². The van der Waals surface area contributed by atoms with E-state index in [4.69, 9.17) is 11.6 Å². The number of nitrogens with zero attached hydrogens (tertiary/aromatic N) is 2. The largest absolute Gasteiger partial charge is 0.188 e. The molecule has 18 heavy (non-hydrogen) atoms. The first kappa shape index (κ1) is 16.3. The summed E-state index contributed by atoms with van der Waals surface area (Å²) in [6, 6.07) is 3.91. The topological polar surface area (TPSA) is 24.7 Å². The van der Waals surface area contributed by atoms with Crippen molar-refractivity contribution >= 4 is 65.5 Å². The summed E-state index contributed by atoms with van der Waals surface area (Å²) >= 11 is 16.4. The van der Waals surface area contributed by atoms with Gasteiger partial charge < -0.3 is 0 Å². The SMILES string of the molecule is CCCCN=N/C(Cl)=C/c1c(Br)cc(Br)cc1Br. The number of azo groups is 1. The van der Waals surface area contributed by atoms with Crippen LogP contribution >= 0.6 is 59.4 Å². The molecule has 0 aliphatic heterocycles.